The van der Waals surface area contributed by atoms with Crippen molar-refractivity contribution in [1.82, 2.24) is 9.97 Å². The second kappa shape index (κ2) is 18.0. The molecule has 3 heterocycles. The second-order valence-corrected chi connectivity index (χ2v) is 18.9. The van der Waals surface area contributed by atoms with E-state index in [2.05, 4.69) is 58.5 Å². The molecule has 6 aromatic carbocycles. The number of furan rings is 1. The molecular weight excluding hydrogens is 945 g/mol. The Morgan fingerprint density at radius 2 is 1.19 bits per heavy atom. The molecule has 0 atom stereocenters. The molecule has 9 aromatic rings. The van der Waals surface area contributed by atoms with Crippen molar-refractivity contribution in [3.63, 3.8) is 0 Å². The minimum absolute atomic E-state index is 0. The van der Waals surface area contributed by atoms with Gasteiger partial charge in [0.25, 0.3) is 0 Å². The van der Waals surface area contributed by atoms with Crippen LogP contribution in [-0.4, -0.2) is 9.97 Å². The van der Waals surface area contributed by atoms with Gasteiger partial charge in [-0.1, -0.05) is 182 Å². The van der Waals surface area contributed by atoms with Crippen molar-refractivity contribution >= 4 is 43.5 Å². The van der Waals surface area contributed by atoms with Crippen LogP contribution in [0.4, 0.5) is 0 Å². The number of fused-ring (bicyclic) bond motifs is 7. The molecule has 0 spiro atoms. The Hall–Kier alpha value is -5.41. The zero-order valence-electron chi connectivity index (χ0n) is 49.3. The number of aryl methyl sites for hydroxylation is 2. The first-order chi connectivity index (χ1) is 34.2. The fraction of sp³-hybridized carbons (Fsp3) is 0.288. The van der Waals surface area contributed by atoms with Gasteiger partial charge in [0.05, 0.1) is 5.58 Å². The monoisotopic (exact) mass is 1020 g/mol. The maximum Gasteiger partial charge on any atom is 0.129 e. The predicted octanol–water partition coefficient (Wildman–Crippen LogP) is 16.4. The van der Waals surface area contributed by atoms with Crippen molar-refractivity contribution < 1.29 is 41.0 Å². The summed E-state index contributed by atoms with van der Waals surface area (Å²) in [6.07, 6.45) is -2.95. The topological polar surface area (TPSA) is 38.9 Å². The summed E-state index contributed by atoms with van der Waals surface area (Å²) in [5, 5.41) is 6.17. The van der Waals surface area contributed by atoms with Gasteiger partial charge in [-0.15, -0.1) is 47.5 Å². The minimum Gasteiger partial charge on any atom is -0.500 e. The fourth-order valence-corrected chi connectivity index (χ4v) is 7.69. The van der Waals surface area contributed by atoms with Gasteiger partial charge in [0, 0.05) is 59.7 Å². The third kappa shape index (κ3) is 10.4. The summed E-state index contributed by atoms with van der Waals surface area (Å²) in [5.41, 5.74) is 2.67. The summed E-state index contributed by atoms with van der Waals surface area (Å²) in [7, 11) is 0. The third-order valence-corrected chi connectivity index (χ3v) is 10.2. The predicted molar refractivity (Wildman–Crippen MR) is 264 cm³/mol. The third-order valence-electron chi connectivity index (χ3n) is 10.2. The van der Waals surface area contributed by atoms with Crippen LogP contribution in [0.2, 0.25) is 0 Å². The van der Waals surface area contributed by atoms with E-state index in [0.717, 1.165) is 43.5 Å². The number of nitrogens with zero attached hydrogens (tertiary/aromatic N) is 2. The molecule has 3 nitrogen and oxygen atoms in total. The van der Waals surface area contributed by atoms with E-state index in [1.165, 1.54) is 18.5 Å². The summed E-state index contributed by atoms with van der Waals surface area (Å²) in [5.74, 6) is 0. The molecule has 0 unspecified atom stereocenters. The van der Waals surface area contributed by atoms with Crippen LogP contribution in [0.1, 0.15) is 107 Å². The van der Waals surface area contributed by atoms with Crippen LogP contribution in [0.5, 0.6) is 0 Å². The van der Waals surface area contributed by atoms with E-state index in [1.54, 1.807) is 86.6 Å². The van der Waals surface area contributed by atoms with E-state index < -0.39 is 49.1 Å². The molecule has 3 aromatic heterocycles. The second-order valence-electron chi connectivity index (χ2n) is 18.9. The first-order valence-electron chi connectivity index (χ1n) is 27.0. The molecule has 0 aliphatic rings. The molecule has 0 saturated carbocycles. The maximum atomic E-state index is 8.98. The molecule has 1 radical (unpaired) electrons. The Kier molecular flexibility index (Phi) is 9.22. The first-order valence-corrected chi connectivity index (χ1v) is 21.0. The van der Waals surface area contributed by atoms with Crippen LogP contribution >= 0.6 is 0 Å². The number of hydrogen-bond acceptors (Lipinski definition) is 3. The molecule has 9 rings (SSSR count). The largest absolute Gasteiger partial charge is 0.500 e. The van der Waals surface area contributed by atoms with Crippen LogP contribution < -0.4 is 0 Å². The molecule has 323 valence electrons. The summed E-state index contributed by atoms with van der Waals surface area (Å²) >= 11 is 0. The van der Waals surface area contributed by atoms with E-state index in [-0.39, 0.29) is 47.9 Å². The van der Waals surface area contributed by atoms with Crippen molar-refractivity contribution in [1.29, 1.82) is 0 Å². The van der Waals surface area contributed by atoms with Crippen LogP contribution in [0.3, 0.4) is 0 Å². The van der Waals surface area contributed by atoms with Crippen LogP contribution in [0.25, 0.3) is 77.1 Å². The zero-order valence-corrected chi connectivity index (χ0v) is 39.7. The molecule has 0 bridgehead atoms. The fourth-order valence-electron chi connectivity index (χ4n) is 7.69. The molecule has 0 fully saturated rings. The summed E-state index contributed by atoms with van der Waals surface area (Å²) in [6.45, 7) is 11.1. The van der Waals surface area contributed by atoms with Crippen molar-refractivity contribution in [3.05, 3.63) is 168 Å². The van der Waals surface area contributed by atoms with E-state index in [4.69, 9.17) is 20.9 Å². The maximum absolute atomic E-state index is 8.98. The van der Waals surface area contributed by atoms with Gasteiger partial charge in [-0.25, -0.2) is 0 Å². The zero-order chi connectivity index (χ0) is 54.4. The minimum atomic E-state index is -2.51. The molecule has 4 heteroatoms. The first kappa shape index (κ1) is 32.3. The molecular formula is C59H60IrN2O-2. The number of pyridine rings is 2. The number of aromatic nitrogens is 2. The summed E-state index contributed by atoms with van der Waals surface area (Å²) < 4.78 is 108. The smallest absolute Gasteiger partial charge is 0.129 e. The van der Waals surface area contributed by atoms with Crippen molar-refractivity contribution in [2.45, 2.75) is 95.1 Å². The summed E-state index contributed by atoms with van der Waals surface area (Å²) in [6, 6.07) is 42.1. The Labute approximate surface area is 405 Å². The Morgan fingerprint density at radius 3 is 1.92 bits per heavy atom. The molecule has 0 saturated heterocycles. The summed E-state index contributed by atoms with van der Waals surface area (Å²) in [4.78, 5) is 9.02. The normalized spacial score (nSPS) is 16.0. The average Bonchev–Trinajstić information content (AvgIpc) is 3.71. The van der Waals surface area contributed by atoms with Gasteiger partial charge in [-0.2, -0.15) is 0 Å². The van der Waals surface area contributed by atoms with Gasteiger partial charge >= 0.3 is 0 Å². The van der Waals surface area contributed by atoms with Gasteiger partial charge in [-0.05, 0) is 92.0 Å². The molecule has 0 aliphatic carbocycles. The average molecular weight is 1020 g/mol. The molecule has 0 N–H and O–H groups in total. The Balaban J connectivity index is 0.000000216. The van der Waals surface area contributed by atoms with Gasteiger partial charge in [0.15, 0.2) is 0 Å². The van der Waals surface area contributed by atoms with Crippen LogP contribution in [0, 0.1) is 42.1 Å². The Morgan fingerprint density at radius 1 is 0.571 bits per heavy atom. The van der Waals surface area contributed by atoms with Gasteiger partial charge in [0.2, 0.25) is 0 Å². The van der Waals surface area contributed by atoms with Crippen molar-refractivity contribution in [2.24, 2.45) is 16.2 Å². The standard InChI is InChI=1S/C31H26NO.C28H34N.Ir/c1-19-18-32-27(16-22(19)17-31(2,3)4)26-11-7-10-24-25-15-14-21-13-12-20-8-5-6-9-23(20)28(21)30(25)33-29(24)26;1-20-13-14-22(15-25(20)21-11-9-8-10-12-21)26-16-23(17-27(2,3)4)24(19-29-26)18-28(5,6)7;/h5-10,12-16,18H,17H2,1-4H3;8-13,15-16,19H,17-18H2,1-7H3;/q2*-1;/i1D3,17D2;1D3,17D2,18D2;. The molecule has 0 aliphatic heterocycles. The van der Waals surface area contributed by atoms with Crippen molar-refractivity contribution in [2.75, 3.05) is 0 Å². The quantitative estimate of drug-likeness (QED) is 0.123. The van der Waals surface area contributed by atoms with Gasteiger partial charge in [0.1, 0.15) is 5.58 Å². The van der Waals surface area contributed by atoms with Gasteiger partial charge < -0.3 is 14.4 Å². The molecule has 63 heavy (non-hydrogen) atoms. The number of benzene rings is 6. The molecule has 0 amide bonds. The van der Waals surface area contributed by atoms with E-state index in [0.29, 0.717) is 33.7 Å². The van der Waals surface area contributed by atoms with Gasteiger partial charge in [-0.3, -0.25) is 0 Å². The van der Waals surface area contributed by atoms with E-state index in [1.807, 2.05) is 48.5 Å². The Bertz CT molecular complexity index is 3580. The number of hydrogen-bond donors (Lipinski definition) is 0. The van der Waals surface area contributed by atoms with E-state index in [9.17, 15) is 0 Å². The SMILES string of the molecule is [2H]C([2H])([2H])c1c[c-]c(-c2cc(C([2H])([2H])C(C)(C)C)c(C([2H])([2H])C(C)(C)C)cn2)cc1-c1ccccc1.[2H]C([2H])([2H])c1cnc(-c2[c-]ccc3c2oc2c3ccc3ccc4ccccc4c32)cc1C([2H])([2H])C(C)(C)C.[Ir]. The van der Waals surface area contributed by atoms with Crippen LogP contribution in [0.15, 0.2) is 132 Å². The van der Waals surface area contributed by atoms with Crippen molar-refractivity contribution in [3.8, 4) is 33.6 Å². The van der Waals surface area contributed by atoms with E-state index >= 15 is 0 Å². The van der Waals surface area contributed by atoms with Crippen LogP contribution in [-0.2, 0) is 39.2 Å². The number of rotatable bonds is 6.